The Labute approximate surface area is 259 Å². The van der Waals surface area contributed by atoms with Gasteiger partial charge in [-0.05, 0) is 23.3 Å². The molecule has 2 heterocycles. The first kappa shape index (κ1) is 30.9. The van der Waals surface area contributed by atoms with Gasteiger partial charge >= 0.3 is 6.18 Å². The normalized spacial score (nSPS) is 25.4. The summed E-state index contributed by atoms with van der Waals surface area (Å²) in [5.41, 5.74) is 2.54. The molecule has 4 aromatic carbocycles. The van der Waals surface area contributed by atoms with Crippen LogP contribution < -0.4 is 0 Å². The first-order valence-electron chi connectivity index (χ1n) is 14.6. The Morgan fingerprint density at radius 1 is 0.689 bits per heavy atom. The Kier molecular flexibility index (Phi) is 9.88. The van der Waals surface area contributed by atoms with Gasteiger partial charge in [-0.1, -0.05) is 109 Å². The van der Waals surface area contributed by atoms with Gasteiger partial charge in [0.25, 0.3) is 5.90 Å². The Balaban J connectivity index is 1.34. The van der Waals surface area contributed by atoms with Gasteiger partial charge in [-0.2, -0.15) is 13.2 Å². The molecule has 0 aromatic heterocycles. The van der Waals surface area contributed by atoms with Crippen molar-refractivity contribution in [2.45, 2.75) is 56.4 Å². The number of hydrogen-bond acceptors (Lipinski definition) is 7. The molecule has 2 aliphatic rings. The molecular weight excluding hydrogens is 587 g/mol. The van der Waals surface area contributed by atoms with E-state index < -0.39 is 49.1 Å². The summed E-state index contributed by atoms with van der Waals surface area (Å²) in [5.74, 6) is -1.47. The van der Waals surface area contributed by atoms with Crippen molar-refractivity contribution in [3.63, 3.8) is 0 Å². The highest BCUT2D eigenvalue weighted by atomic mass is 19.4. The highest BCUT2D eigenvalue weighted by molar-refractivity contribution is 5.84. The number of halogens is 3. The molecule has 0 radical (unpaired) electrons. The molecule has 0 bridgehead atoms. The highest BCUT2D eigenvalue weighted by Gasteiger charge is 2.54. The van der Waals surface area contributed by atoms with E-state index in [-0.39, 0.29) is 25.5 Å². The van der Waals surface area contributed by atoms with E-state index in [2.05, 4.69) is 4.99 Å². The number of rotatable bonds is 9. The molecule has 4 unspecified atom stereocenters. The summed E-state index contributed by atoms with van der Waals surface area (Å²) in [5, 5.41) is 0. The maximum atomic E-state index is 14.3. The average molecular weight is 620 g/mol. The number of fused-ring (bicyclic) bond motifs is 1. The monoisotopic (exact) mass is 619 g/mol. The van der Waals surface area contributed by atoms with Gasteiger partial charge in [-0.15, -0.1) is 0 Å². The molecule has 2 fully saturated rings. The third kappa shape index (κ3) is 7.97. The molecule has 2 saturated heterocycles. The van der Waals surface area contributed by atoms with Gasteiger partial charge in [-0.25, -0.2) is 4.99 Å². The molecule has 0 saturated carbocycles. The van der Waals surface area contributed by atoms with Gasteiger partial charge in [-0.3, -0.25) is 0 Å². The molecule has 0 spiro atoms. The van der Waals surface area contributed by atoms with Crippen molar-refractivity contribution in [1.82, 2.24) is 0 Å². The number of ether oxygens (including phenoxy) is 6. The molecule has 0 N–H and O–H groups in total. The van der Waals surface area contributed by atoms with E-state index in [1.54, 1.807) is 18.2 Å². The lowest BCUT2D eigenvalue weighted by Crippen LogP contribution is -2.64. The largest absolute Gasteiger partial charge is 0.468 e. The fraction of sp³-hybridized carbons (Fsp3) is 0.286. The highest BCUT2D eigenvalue weighted by Crippen LogP contribution is 2.38. The van der Waals surface area contributed by atoms with Crippen molar-refractivity contribution in [1.29, 1.82) is 0 Å². The summed E-state index contributed by atoms with van der Waals surface area (Å²) in [4.78, 5) is 3.78. The van der Waals surface area contributed by atoms with Crippen LogP contribution in [0.2, 0.25) is 0 Å². The predicted molar refractivity (Wildman–Crippen MR) is 159 cm³/mol. The zero-order chi connectivity index (χ0) is 31.1. The van der Waals surface area contributed by atoms with E-state index >= 15 is 0 Å². The maximum Gasteiger partial charge on any atom is 0.468 e. The van der Waals surface area contributed by atoms with E-state index in [4.69, 9.17) is 28.4 Å². The van der Waals surface area contributed by atoms with E-state index in [0.717, 1.165) is 16.7 Å². The number of para-hydroxylation sites is 1. The SMILES string of the molecule is FC(F)(F)C(=Nc1ccccc1)O[C@@H]1OC2COC(c3ccccc3)O[C@H]2C(OCc2ccccc2)C1OCc1ccccc1. The second-order valence-electron chi connectivity index (χ2n) is 10.6. The minimum absolute atomic E-state index is 0.0257. The molecule has 6 atom stereocenters. The Bertz CT molecular complexity index is 1510. The van der Waals surface area contributed by atoms with Crippen LogP contribution in [0.4, 0.5) is 18.9 Å². The van der Waals surface area contributed by atoms with Crippen molar-refractivity contribution < 1.29 is 41.6 Å². The molecule has 234 valence electrons. The first-order chi connectivity index (χ1) is 21.9. The smallest absolute Gasteiger partial charge is 0.441 e. The summed E-state index contributed by atoms with van der Waals surface area (Å²) >= 11 is 0. The molecule has 4 aromatic rings. The second kappa shape index (κ2) is 14.4. The number of nitrogens with zero attached hydrogens (tertiary/aromatic N) is 1. The number of alkyl halides is 3. The average Bonchev–Trinajstić information content (AvgIpc) is 3.07. The summed E-state index contributed by atoms with van der Waals surface area (Å²) < 4.78 is 79.9. The number of aliphatic imine (C=N–C) groups is 1. The van der Waals surface area contributed by atoms with Crippen molar-refractivity contribution in [2.24, 2.45) is 4.99 Å². The summed E-state index contributed by atoms with van der Waals surface area (Å²) in [7, 11) is 0. The van der Waals surface area contributed by atoms with Gasteiger partial charge in [0.2, 0.25) is 6.29 Å². The van der Waals surface area contributed by atoms with Gasteiger partial charge in [0.05, 0.1) is 25.5 Å². The molecule has 2 aliphatic heterocycles. The van der Waals surface area contributed by atoms with E-state index in [1.165, 1.54) is 12.1 Å². The van der Waals surface area contributed by atoms with E-state index in [0.29, 0.717) is 0 Å². The summed E-state index contributed by atoms with van der Waals surface area (Å²) in [6.07, 6.45) is -10.8. The van der Waals surface area contributed by atoms with Crippen LogP contribution in [0.3, 0.4) is 0 Å². The zero-order valence-corrected chi connectivity index (χ0v) is 24.2. The van der Waals surface area contributed by atoms with Crippen molar-refractivity contribution >= 4 is 11.6 Å². The van der Waals surface area contributed by atoms with Crippen LogP contribution >= 0.6 is 0 Å². The molecule has 0 amide bonds. The zero-order valence-electron chi connectivity index (χ0n) is 24.2. The lowest BCUT2D eigenvalue weighted by molar-refractivity contribution is -0.364. The molecule has 6 rings (SSSR count). The third-order valence-corrected chi connectivity index (χ3v) is 7.38. The van der Waals surface area contributed by atoms with Gasteiger partial charge in [0.1, 0.15) is 24.4 Å². The standard InChI is InChI=1S/C35H32F3NO6/c36-35(37,38)34(39-27-19-11-4-12-20-27)45-33-31(41-22-25-15-7-2-8-16-25)30(40-21-24-13-5-1-6-14-24)29-28(43-33)23-42-32(44-29)26-17-9-3-10-18-26/h1-20,28-33H,21-23H2/t28?,29-,30?,31?,32?,33+/m1/s1. The third-order valence-electron chi connectivity index (χ3n) is 7.38. The van der Waals surface area contributed by atoms with Gasteiger partial charge in [0, 0.05) is 5.56 Å². The molecular formula is C35H32F3NO6. The summed E-state index contributed by atoms with van der Waals surface area (Å²) in [6.45, 7) is 0.238. The van der Waals surface area contributed by atoms with Gasteiger partial charge < -0.3 is 28.4 Å². The quantitative estimate of drug-likeness (QED) is 0.145. The maximum absolute atomic E-state index is 14.3. The minimum atomic E-state index is -4.92. The van der Waals surface area contributed by atoms with E-state index in [1.807, 2.05) is 91.0 Å². The van der Waals surface area contributed by atoms with Crippen LogP contribution in [0, 0.1) is 0 Å². The van der Waals surface area contributed by atoms with Crippen LogP contribution in [-0.4, -0.2) is 49.4 Å². The lowest BCUT2D eigenvalue weighted by Gasteiger charge is -2.48. The minimum Gasteiger partial charge on any atom is -0.441 e. The topological polar surface area (TPSA) is 67.7 Å². The van der Waals surface area contributed by atoms with Gasteiger partial charge in [0.15, 0.2) is 6.29 Å². The fourth-order valence-corrected chi connectivity index (χ4v) is 5.21. The second-order valence-corrected chi connectivity index (χ2v) is 10.6. The van der Waals surface area contributed by atoms with Crippen LogP contribution in [0.5, 0.6) is 0 Å². The molecule has 45 heavy (non-hydrogen) atoms. The van der Waals surface area contributed by atoms with Crippen LogP contribution in [0.1, 0.15) is 23.0 Å². The van der Waals surface area contributed by atoms with Crippen molar-refractivity contribution in [2.75, 3.05) is 6.61 Å². The molecule has 10 heteroatoms. The Morgan fingerprint density at radius 2 is 1.22 bits per heavy atom. The fourth-order valence-electron chi connectivity index (χ4n) is 5.21. The first-order valence-corrected chi connectivity index (χ1v) is 14.6. The van der Waals surface area contributed by atoms with E-state index in [9.17, 15) is 13.2 Å². The molecule has 0 aliphatic carbocycles. The van der Waals surface area contributed by atoms with Crippen LogP contribution in [0.15, 0.2) is 126 Å². The van der Waals surface area contributed by atoms with Crippen LogP contribution in [0.25, 0.3) is 0 Å². The van der Waals surface area contributed by atoms with Crippen molar-refractivity contribution in [3.05, 3.63) is 138 Å². The Hall–Kier alpha value is -4.06. The molecule has 7 nitrogen and oxygen atoms in total. The number of hydrogen-bond donors (Lipinski definition) is 0. The Morgan fingerprint density at radius 3 is 1.80 bits per heavy atom. The predicted octanol–water partition coefficient (Wildman–Crippen LogP) is 7.31. The van der Waals surface area contributed by atoms with Crippen molar-refractivity contribution in [3.8, 4) is 0 Å². The van der Waals surface area contributed by atoms with Crippen LogP contribution in [-0.2, 0) is 41.6 Å². The summed E-state index contributed by atoms with van der Waals surface area (Å²) in [6, 6.07) is 35.9. The lowest BCUT2D eigenvalue weighted by atomic mass is 9.97. The number of benzene rings is 4.